The van der Waals surface area contributed by atoms with E-state index in [0.717, 1.165) is 11.1 Å². The van der Waals surface area contributed by atoms with Crippen molar-refractivity contribution in [2.45, 2.75) is 25.7 Å². The number of ketones is 1. The van der Waals surface area contributed by atoms with Crippen LogP contribution in [0.1, 0.15) is 30.0 Å². The van der Waals surface area contributed by atoms with E-state index < -0.39 is 17.2 Å². The number of methoxy groups -OCH3 is 1. The number of benzene rings is 2. The maximum Gasteiger partial charge on any atom is 0.375 e. The fourth-order valence-corrected chi connectivity index (χ4v) is 2.57. The van der Waals surface area contributed by atoms with Crippen molar-refractivity contribution >= 4 is 17.8 Å². The topological polar surface area (TPSA) is 43.4 Å². The SMILES string of the molecule is COC(=O)C(=O)C(C)(C/C=C/c1ccc(C)cc1)c1ccccc1. The summed E-state index contributed by atoms with van der Waals surface area (Å²) in [6.07, 6.45) is 4.31. The summed E-state index contributed by atoms with van der Waals surface area (Å²) in [4.78, 5) is 24.4. The molecule has 0 saturated heterocycles. The van der Waals surface area contributed by atoms with E-state index in [2.05, 4.69) is 4.74 Å². The van der Waals surface area contributed by atoms with Crippen LogP contribution in [0.5, 0.6) is 0 Å². The molecule has 0 amide bonds. The van der Waals surface area contributed by atoms with Crippen LogP contribution in [-0.4, -0.2) is 18.9 Å². The molecule has 124 valence electrons. The lowest BCUT2D eigenvalue weighted by molar-refractivity contribution is -0.154. The highest BCUT2D eigenvalue weighted by Crippen LogP contribution is 2.30. The molecule has 0 aliphatic heterocycles. The zero-order chi connectivity index (χ0) is 17.6. The molecule has 3 heteroatoms. The third-order valence-electron chi connectivity index (χ3n) is 4.20. The minimum Gasteiger partial charge on any atom is -0.463 e. The van der Waals surface area contributed by atoms with Crippen LogP contribution in [0.2, 0.25) is 0 Å². The van der Waals surface area contributed by atoms with Crippen molar-refractivity contribution in [1.29, 1.82) is 0 Å². The molecule has 0 fully saturated rings. The van der Waals surface area contributed by atoms with Gasteiger partial charge in [0.05, 0.1) is 12.5 Å². The van der Waals surface area contributed by atoms with Gasteiger partial charge in [0.1, 0.15) is 0 Å². The summed E-state index contributed by atoms with van der Waals surface area (Å²) in [7, 11) is 1.23. The van der Waals surface area contributed by atoms with E-state index in [9.17, 15) is 9.59 Å². The molecule has 24 heavy (non-hydrogen) atoms. The molecule has 0 aliphatic carbocycles. The largest absolute Gasteiger partial charge is 0.463 e. The van der Waals surface area contributed by atoms with E-state index in [4.69, 9.17) is 0 Å². The Morgan fingerprint density at radius 1 is 1.04 bits per heavy atom. The summed E-state index contributed by atoms with van der Waals surface area (Å²) < 4.78 is 4.64. The Morgan fingerprint density at radius 2 is 1.67 bits per heavy atom. The van der Waals surface area contributed by atoms with E-state index in [-0.39, 0.29) is 0 Å². The summed E-state index contributed by atoms with van der Waals surface area (Å²) >= 11 is 0. The van der Waals surface area contributed by atoms with Crippen LogP contribution in [0, 0.1) is 6.92 Å². The first-order chi connectivity index (χ1) is 11.5. The Balaban J connectivity index is 2.28. The molecule has 0 saturated carbocycles. The Labute approximate surface area is 143 Å². The molecule has 1 atom stereocenters. The Morgan fingerprint density at radius 3 is 2.25 bits per heavy atom. The molecular weight excluding hydrogens is 300 g/mol. The summed E-state index contributed by atoms with van der Waals surface area (Å²) in [6.45, 7) is 3.82. The van der Waals surface area contributed by atoms with Crippen LogP contribution in [-0.2, 0) is 19.7 Å². The molecule has 2 aromatic carbocycles. The zero-order valence-electron chi connectivity index (χ0n) is 14.3. The van der Waals surface area contributed by atoms with Gasteiger partial charge < -0.3 is 4.74 Å². The van der Waals surface area contributed by atoms with Crippen molar-refractivity contribution in [3.05, 3.63) is 77.4 Å². The van der Waals surface area contributed by atoms with Crippen LogP contribution in [0.4, 0.5) is 0 Å². The number of ether oxygens (including phenoxy) is 1. The predicted octanol–water partition coefficient (Wildman–Crippen LogP) is 4.10. The van der Waals surface area contributed by atoms with Crippen LogP contribution in [0.25, 0.3) is 6.08 Å². The maximum atomic E-state index is 12.6. The van der Waals surface area contributed by atoms with Gasteiger partial charge in [-0.25, -0.2) is 4.79 Å². The normalized spacial score (nSPS) is 13.5. The van der Waals surface area contributed by atoms with Crippen LogP contribution in [0.15, 0.2) is 60.7 Å². The molecule has 0 aliphatic rings. The molecule has 0 radical (unpaired) electrons. The Kier molecular flexibility index (Phi) is 5.69. The number of allylic oxidation sites excluding steroid dienone is 1. The number of carbonyl (C=O) groups is 2. The fraction of sp³-hybridized carbons (Fsp3) is 0.238. The number of hydrogen-bond donors (Lipinski definition) is 0. The van der Waals surface area contributed by atoms with Gasteiger partial charge in [-0.2, -0.15) is 0 Å². The standard InChI is InChI=1S/C21H22O3/c1-16-11-13-17(14-12-16)8-7-15-21(2,19(22)20(23)24-3)18-9-5-4-6-10-18/h4-14H,15H2,1-3H3/b8-7+. The summed E-state index contributed by atoms with van der Waals surface area (Å²) in [5.74, 6) is -1.35. The van der Waals surface area contributed by atoms with Gasteiger partial charge in [-0.05, 0) is 31.4 Å². The average molecular weight is 322 g/mol. The quantitative estimate of drug-likeness (QED) is 0.594. The van der Waals surface area contributed by atoms with Crippen molar-refractivity contribution in [3.63, 3.8) is 0 Å². The minimum absolute atomic E-state index is 0.415. The Bertz CT molecular complexity index is 729. The fourth-order valence-electron chi connectivity index (χ4n) is 2.57. The number of esters is 1. The minimum atomic E-state index is -0.949. The van der Waals surface area contributed by atoms with E-state index in [0.29, 0.717) is 6.42 Å². The molecule has 2 rings (SSSR count). The van der Waals surface area contributed by atoms with Gasteiger partial charge in [0.25, 0.3) is 5.78 Å². The van der Waals surface area contributed by atoms with Crippen molar-refractivity contribution < 1.29 is 14.3 Å². The molecule has 0 spiro atoms. The van der Waals surface area contributed by atoms with Gasteiger partial charge in [0.15, 0.2) is 0 Å². The van der Waals surface area contributed by atoms with E-state index in [1.54, 1.807) is 6.92 Å². The smallest absolute Gasteiger partial charge is 0.375 e. The lowest BCUT2D eigenvalue weighted by Crippen LogP contribution is -2.38. The second-order valence-corrected chi connectivity index (χ2v) is 6.04. The third-order valence-corrected chi connectivity index (χ3v) is 4.20. The first-order valence-corrected chi connectivity index (χ1v) is 7.89. The monoisotopic (exact) mass is 322 g/mol. The van der Waals surface area contributed by atoms with E-state index in [1.807, 2.05) is 73.7 Å². The van der Waals surface area contributed by atoms with Gasteiger partial charge >= 0.3 is 5.97 Å². The van der Waals surface area contributed by atoms with Crippen molar-refractivity contribution in [2.75, 3.05) is 7.11 Å². The van der Waals surface area contributed by atoms with Crippen LogP contribution < -0.4 is 0 Å². The van der Waals surface area contributed by atoms with Gasteiger partial charge in [0, 0.05) is 0 Å². The predicted molar refractivity (Wildman–Crippen MR) is 95.6 cm³/mol. The molecule has 0 bridgehead atoms. The second kappa shape index (κ2) is 7.73. The van der Waals surface area contributed by atoms with Gasteiger partial charge in [-0.1, -0.05) is 72.3 Å². The molecule has 0 aromatic heterocycles. The highest BCUT2D eigenvalue weighted by atomic mass is 16.5. The van der Waals surface area contributed by atoms with Gasteiger partial charge in [-0.3, -0.25) is 4.79 Å². The third kappa shape index (κ3) is 3.99. The molecule has 2 aromatic rings. The van der Waals surface area contributed by atoms with E-state index >= 15 is 0 Å². The zero-order valence-corrected chi connectivity index (χ0v) is 14.3. The Hall–Kier alpha value is -2.68. The lowest BCUT2D eigenvalue weighted by Gasteiger charge is -2.26. The number of aryl methyl sites for hydroxylation is 1. The number of rotatable bonds is 6. The molecule has 0 heterocycles. The lowest BCUT2D eigenvalue weighted by atomic mass is 9.75. The van der Waals surface area contributed by atoms with Gasteiger partial charge in [-0.15, -0.1) is 0 Å². The first-order valence-electron chi connectivity index (χ1n) is 7.89. The van der Waals surface area contributed by atoms with Crippen molar-refractivity contribution in [2.24, 2.45) is 0 Å². The number of carbonyl (C=O) groups excluding carboxylic acids is 2. The average Bonchev–Trinajstić information content (AvgIpc) is 2.62. The van der Waals surface area contributed by atoms with Crippen LogP contribution in [0.3, 0.4) is 0 Å². The second-order valence-electron chi connectivity index (χ2n) is 6.04. The number of Topliss-reactive ketones (excluding diaryl/α,β-unsaturated/α-hetero) is 1. The maximum absolute atomic E-state index is 12.6. The van der Waals surface area contributed by atoms with Crippen molar-refractivity contribution in [1.82, 2.24) is 0 Å². The molecule has 0 N–H and O–H groups in total. The van der Waals surface area contributed by atoms with Crippen molar-refractivity contribution in [3.8, 4) is 0 Å². The van der Waals surface area contributed by atoms with Crippen LogP contribution >= 0.6 is 0 Å². The van der Waals surface area contributed by atoms with E-state index in [1.165, 1.54) is 12.7 Å². The molecular formula is C21H22O3. The highest BCUT2D eigenvalue weighted by molar-refractivity contribution is 6.37. The summed E-state index contributed by atoms with van der Waals surface area (Å²) in [5.41, 5.74) is 2.10. The highest BCUT2D eigenvalue weighted by Gasteiger charge is 2.38. The molecule has 1 unspecified atom stereocenters. The molecule has 3 nitrogen and oxygen atoms in total. The summed E-state index contributed by atoms with van der Waals surface area (Å²) in [5, 5.41) is 0. The number of hydrogen-bond acceptors (Lipinski definition) is 3. The first kappa shape index (κ1) is 17.7. The summed E-state index contributed by atoms with van der Waals surface area (Å²) in [6, 6.07) is 17.5. The van der Waals surface area contributed by atoms with Gasteiger partial charge in [0.2, 0.25) is 0 Å².